The van der Waals surface area contributed by atoms with Gasteiger partial charge in [0.1, 0.15) is 0 Å². The van der Waals surface area contributed by atoms with Crippen LogP contribution in [-0.2, 0) is 0 Å². The van der Waals surface area contributed by atoms with E-state index in [1.807, 2.05) is 11.8 Å². The topological polar surface area (TPSA) is 12.0 Å². The molecule has 0 heterocycles. The van der Waals surface area contributed by atoms with Crippen molar-refractivity contribution in [1.29, 1.82) is 0 Å². The number of nitrogens with one attached hydrogen (secondary N) is 1. The third kappa shape index (κ3) is 4.89. The van der Waals surface area contributed by atoms with Crippen LogP contribution in [0.4, 0.5) is 0 Å². The van der Waals surface area contributed by atoms with Crippen LogP contribution in [0.15, 0.2) is 30.3 Å². The molecule has 20 heavy (non-hydrogen) atoms. The molecule has 0 amide bonds. The van der Waals surface area contributed by atoms with Crippen LogP contribution < -0.4 is 5.32 Å². The summed E-state index contributed by atoms with van der Waals surface area (Å²) in [5, 5.41) is 3.78. The quantitative estimate of drug-likeness (QED) is 0.594. The maximum atomic E-state index is 5.29. The van der Waals surface area contributed by atoms with E-state index < -0.39 is 0 Å². The molecule has 0 saturated heterocycles. The summed E-state index contributed by atoms with van der Waals surface area (Å²) in [6.45, 7) is 1.04. The highest BCUT2D eigenvalue weighted by Gasteiger charge is 2.24. The van der Waals surface area contributed by atoms with E-state index in [1.54, 1.807) is 0 Å². The van der Waals surface area contributed by atoms with Crippen molar-refractivity contribution in [2.75, 3.05) is 18.1 Å². The van der Waals surface area contributed by atoms with Gasteiger partial charge >= 0.3 is 0 Å². The summed E-state index contributed by atoms with van der Waals surface area (Å²) in [5.74, 6) is 5.40. The van der Waals surface area contributed by atoms with Gasteiger partial charge in [-0.2, -0.15) is 0 Å². The molecule has 0 aromatic heterocycles. The lowest BCUT2D eigenvalue weighted by Crippen LogP contribution is -2.31. The summed E-state index contributed by atoms with van der Waals surface area (Å²) >= 11 is 1.84. The van der Waals surface area contributed by atoms with Crippen molar-refractivity contribution in [3.05, 3.63) is 35.9 Å². The highest BCUT2D eigenvalue weighted by molar-refractivity contribution is 7.99. The standard InChI is InChI=1S/C18H25NS/c1-2-14-20-15-13-19-18(16-9-5-3-6-10-16)17-11-7-4-8-12-17/h1,3,5-6,9-10,17-19H,4,7-8,11-15H2. The van der Waals surface area contributed by atoms with Gasteiger partial charge in [0.2, 0.25) is 0 Å². The summed E-state index contributed by atoms with van der Waals surface area (Å²) in [4.78, 5) is 0. The summed E-state index contributed by atoms with van der Waals surface area (Å²) in [6.07, 6.45) is 12.2. The zero-order chi connectivity index (χ0) is 14.0. The van der Waals surface area contributed by atoms with Crippen LogP contribution in [0.2, 0.25) is 0 Å². The Balaban J connectivity index is 1.91. The Morgan fingerprint density at radius 3 is 2.65 bits per heavy atom. The van der Waals surface area contributed by atoms with E-state index in [0.29, 0.717) is 6.04 Å². The molecule has 2 heteroatoms. The molecule has 0 spiro atoms. The Labute approximate surface area is 127 Å². The first kappa shape index (κ1) is 15.5. The van der Waals surface area contributed by atoms with E-state index in [-0.39, 0.29) is 0 Å². The Hall–Kier alpha value is -0.910. The predicted molar refractivity (Wildman–Crippen MR) is 89.9 cm³/mol. The average Bonchev–Trinajstić information content (AvgIpc) is 2.53. The van der Waals surface area contributed by atoms with Crippen molar-refractivity contribution >= 4 is 11.8 Å². The van der Waals surface area contributed by atoms with E-state index in [4.69, 9.17) is 6.42 Å². The second-order valence-electron chi connectivity index (χ2n) is 5.50. The Kier molecular flexibility index (Phi) is 7.05. The highest BCUT2D eigenvalue weighted by atomic mass is 32.2. The van der Waals surface area contributed by atoms with Gasteiger partial charge in [-0.1, -0.05) is 55.5 Å². The minimum atomic E-state index is 0.517. The molecule has 1 aliphatic carbocycles. The van der Waals surface area contributed by atoms with Gasteiger partial charge in [0.25, 0.3) is 0 Å². The molecule has 2 rings (SSSR count). The monoisotopic (exact) mass is 287 g/mol. The molecule has 0 bridgehead atoms. The zero-order valence-corrected chi connectivity index (χ0v) is 13.0. The van der Waals surface area contributed by atoms with Crippen molar-refractivity contribution in [1.82, 2.24) is 5.32 Å². The maximum Gasteiger partial charge on any atom is 0.0545 e. The molecule has 1 saturated carbocycles. The lowest BCUT2D eigenvalue weighted by Gasteiger charge is -2.31. The molecule has 0 aliphatic heterocycles. The molecule has 1 nitrogen and oxygen atoms in total. The largest absolute Gasteiger partial charge is 0.309 e. The third-order valence-corrected chi connectivity index (χ3v) is 4.94. The second-order valence-corrected chi connectivity index (χ2v) is 6.60. The lowest BCUT2D eigenvalue weighted by atomic mass is 9.81. The van der Waals surface area contributed by atoms with Gasteiger partial charge in [0, 0.05) is 18.3 Å². The van der Waals surface area contributed by atoms with E-state index >= 15 is 0 Å². The van der Waals surface area contributed by atoms with Crippen molar-refractivity contribution in [2.45, 2.75) is 38.1 Å². The third-order valence-electron chi connectivity index (χ3n) is 4.08. The van der Waals surface area contributed by atoms with Crippen LogP contribution >= 0.6 is 11.8 Å². The molecule has 1 N–H and O–H groups in total. The first-order valence-corrected chi connectivity index (χ1v) is 8.87. The van der Waals surface area contributed by atoms with Gasteiger partial charge in [-0.05, 0) is 24.3 Å². The second kappa shape index (κ2) is 9.10. The van der Waals surface area contributed by atoms with E-state index in [0.717, 1.165) is 24.0 Å². The summed E-state index contributed by atoms with van der Waals surface area (Å²) in [7, 11) is 0. The number of terminal acetylenes is 1. The Morgan fingerprint density at radius 1 is 1.20 bits per heavy atom. The van der Waals surface area contributed by atoms with Crippen LogP contribution in [0.1, 0.15) is 43.7 Å². The molecular weight excluding hydrogens is 262 g/mol. The summed E-state index contributed by atoms with van der Waals surface area (Å²) < 4.78 is 0. The van der Waals surface area contributed by atoms with E-state index in [9.17, 15) is 0 Å². The fraction of sp³-hybridized carbons (Fsp3) is 0.556. The molecular formula is C18H25NS. The summed E-state index contributed by atoms with van der Waals surface area (Å²) in [5.41, 5.74) is 1.45. The van der Waals surface area contributed by atoms with Crippen LogP contribution in [-0.4, -0.2) is 18.1 Å². The predicted octanol–water partition coefficient (Wildman–Crippen LogP) is 4.26. The first-order valence-electron chi connectivity index (χ1n) is 7.71. The molecule has 1 unspecified atom stereocenters. The minimum absolute atomic E-state index is 0.517. The van der Waals surface area contributed by atoms with Gasteiger partial charge in [-0.15, -0.1) is 18.2 Å². The number of benzene rings is 1. The molecule has 108 valence electrons. The minimum Gasteiger partial charge on any atom is -0.309 e. The van der Waals surface area contributed by atoms with Crippen molar-refractivity contribution in [3.63, 3.8) is 0 Å². The smallest absolute Gasteiger partial charge is 0.0545 e. The molecule has 1 aromatic rings. The maximum absolute atomic E-state index is 5.29. The van der Waals surface area contributed by atoms with Crippen LogP contribution in [0.3, 0.4) is 0 Å². The van der Waals surface area contributed by atoms with Crippen molar-refractivity contribution < 1.29 is 0 Å². The lowest BCUT2D eigenvalue weighted by molar-refractivity contribution is 0.275. The highest BCUT2D eigenvalue weighted by Crippen LogP contribution is 2.34. The Bertz CT molecular complexity index is 403. The van der Waals surface area contributed by atoms with E-state index in [2.05, 4.69) is 41.6 Å². The van der Waals surface area contributed by atoms with Gasteiger partial charge in [0.15, 0.2) is 0 Å². The fourth-order valence-corrected chi connectivity index (χ4v) is 3.63. The van der Waals surface area contributed by atoms with Gasteiger partial charge in [0.05, 0.1) is 5.75 Å². The van der Waals surface area contributed by atoms with Crippen LogP contribution in [0.5, 0.6) is 0 Å². The SMILES string of the molecule is C#CCSCCNC(c1ccccc1)C1CCCCC1. The molecule has 0 radical (unpaired) electrons. The van der Waals surface area contributed by atoms with Crippen molar-refractivity contribution in [2.24, 2.45) is 5.92 Å². The van der Waals surface area contributed by atoms with Crippen LogP contribution in [0, 0.1) is 18.3 Å². The normalized spacial score (nSPS) is 17.6. The van der Waals surface area contributed by atoms with Crippen molar-refractivity contribution in [3.8, 4) is 12.3 Å². The number of hydrogen-bond acceptors (Lipinski definition) is 2. The van der Waals surface area contributed by atoms with Crippen LogP contribution in [0.25, 0.3) is 0 Å². The average molecular weight is 287 g/mol. The first-order chi connectivity index (χ1) is 9.92. The van der Waals surface area contributed by atoms with Gasteiger partial charge < -0.3 is 5.32 Å². The van der Waals surface area contributed by atoms with E-state index in [1.165, 1.54) is 37.7 Å². The van der Waals surface area contributed by atoms with Gasteiger partial charge in [-0.3, -0.25) is 0 Å². The molecule has 1 fully saturated rings. The number of rotatable bonds is 7. The molecule has 1 aromatic carbocycles. The molecule has 1 aliphatic rings. The summed E-state index contributed by atoms with van der Waals surface area (Å²) in [6, 6.07) is 11.5. The zero-order valence-electron chi connectivity index (χ0n) is 12.2. The Morgan fingerprint density at radius 2 is 1.95 bits per heavy atom. The number of thioether (sulfide) groups is 1. The number of hydrogen-bond donors (Lipinski definition) is 1. The fourth-order valence-electron chi connectivity index (χ4n) is 3.10. The van der Waals surface area contributed by atoms with Gasteiger partial charge in [-0.25, -0.2) is 0 Å². The molecule has 1 atom stereocenters.